The molecule has 3 heteroatoms. The zero-order chi connectivity index (χ0) is 13.1. The molecule has 2 rings (SSSR count). The van der Waals surface area contributed by atoms with Crippen LogP contribution in [0.1, 0.15) is 32.8 Å². The molecule has 1 aliphatic rings. The van der Waals surface area contributed by atoms with Crippen LogP contribution in [0, 0.1) is 5.92 Å². The monoisotopic (exact) mass is 249 g/mol. The van der Waals surface area contributed by atoms with Crippen molar-refractivity contribution in [3.8, 4) is 5.75 Å². The van der Waals surface area contributed by atoms with Crippen LogP contribution < -0.4 is 10.1 Å². The second-order valence-corrected chi connectivity index (χ2v) is 5.08. The largest absolute Gasteiger partial charge is 0.494 e. The maximum Gasteiger partial charge on any atom is 0.119 e. The summed E-state index contributed by atoms with van der Waals surface area (Å²) in [6.45, 7) is 6.99. The van der Waals surface area contributed by atoms with Crippen LogP contribution in [0.25, 0.3) is 0 Å². The van der Waals surface area contributed by atoms with E-state index in [-0.39, 0.29) is 12.1 Å². The highest BCUT2D eigenvalue weighted by Crippen LogP contribution is 2.31. The first-order chi connectivity index (χ1) is 8.65. The number of aliphatic hydroxyl groups excluding tert-OH is 1. The Labute approximate surface area is 109 Å². The van der Waals surface area contributed by atoms with Crippen molar-refractivity contribution in [3.05, 3.63) is 23.8 Å². The van der Waals surface area contributed by atoms with E-state index in [9.17, 15) is 5.11 Å². The zero-order valence-corrected chi connectivity index (χ0v) is 11.4. The van der Waals surface area contributed by atoms with Crippen LogP contribution in [0.4, 0.5) is 5.69 Å². The molecular weight excluding hydrogens is 226 g/mol. The Bertz CT molecular complexity index is 405. The molecule has 0 fully saturated rings. The van der Waals surface area contributed by atoms with Crippen molar-refractivity contribution < 1.29 is 9.84 Å². The lowest BCUT2D eigenvalue weighted by atomic mass is 9.87. The molecule has 1 aromatic rings. The summed E-state index contributed by atoms with van der Waals surface area (Å²) in [5, 5.41) is 13.7. The molecule has 3 atom stereocenters. The van der Waals surface area contributed by atoms with Crippen LogP contribution in [-0.4, -0.2) is 23.9 Å². The molecule has 2 N–H and O–H groups in total. The zero-order valence-electron chi connectivity index (χ0n) is 11.4. The van der Waals surface area contributed by atoms with E-state index < -0.39 is 0 Å². The van der Waals surface area contributed by atoms with E-state index >= 15 is 0 Å². The summed E-state index contributed by atoms with van der Waals surface area (Å²) in [4.78, 5) is 0. The number of anilines is 1. The molecule has 0 amide bonds. The average molecular weight is 249 g/mol. The average Bonchev–Trinajstić information content (AvgIpc) is 2.37. The summed E-state index contributed by atoms with van der Waals surface area (Å²) in [6, 6.07) is 6.23. The molecule has 0 radical (unpaired) electrons. The van der Waals surface area contributed by atoms with E-state index in [0.29, 0.717) is 18.9 Å². The van der Waals surface area contributed by atoms with Gasteiger partial charge in [-0.3, -0.25) is 0 Å². The summed E-state index contributed by atoms with van der Waals surface area (Å²) in [6.07, 6.45) is 1.46. The normalized spacial score (nSPS) is 24.0. The summed E-state index contributed by atoms with van der Waals surface area (Å²) in [5.41, 5.74) is 2.28. The Kier molecular flexibility index (Phi) is 4.12. The molecule has 18 heavy (non-hydrogen) atoms. The molecule has 100 valence electrons. The molecule has 0 aromatic heterocycles. The molecule has 0 aliphatic carbocycles. The molecule has 3 unspecified atom stereocenters. The number of ether oxygens (including phenoxy) is 1. The van der Waals surface area contributed by atoms with Crippen LogP contribution in [0.2, 0.25) is 0 Å². The van der Waals surface area contributed by atoms with Crippen molar-refractivity contribution in [2.75, 3.05) is 11.9 Å². The number of rotatable bonds is 4. The van der Waals surface area contributed by atoms with Gasteiger partial charge in [0.05, 0.1) is 18.8 Å². The van der Waals surface area contributed by atoms with Gasteiger partial charge in [-0.05, 0) is 36.6 Å². The molecule has 3 nitrogen and oxygen atoms in total. The van der Waals surface area contributed by atoms with Gasteiger partial charge in [0.15, 0.2) is 0 Å². The third-order valence-electron chi connectivity index (χ3n) is 3.81. The SMILES string of the molecule is CCOc1ccc2c(c1)CC(O)C(C(C)CC)N2. The van der Waals surface area contributed by atoms with Crippen molar-refractivity contribution in [3.63, 3.8) is 0 Å². The molecule has 1 aliphatic heterocycles. The highest BCUT2D eigenvalue weighted by Gasteiger charge is 2.29. The quantitative estimate of drug-likeness (QED) is 0.862. The van der Waals surface area contributed by atoms with Crippen LogP contribution in [-0.2, 0) is 6.42 Å². The third kappa shape index (κ3) is 2.61. The minimum absolute atomic E-state index is 0.153. The number of benzene rings is 1. The lowest BCUT2D eigenvalue weighted by molar-refractivity contribution is 0.124. The summed E-state index contributed by atoms with van der Waals surface area (Å²) >= 11 is 0. The Morgan fingerprint density at radius 3 is 2.89 bits per heavy atom. The fourth-order valence-corrected chi connectivity index (χ4v) is 2.54. The van der Waals surface area contributed by atoms with Gasteiger partial charge in [-0.15, -0.1) is 0 Å². The Hall–Kier alpha value is -1.22. The molecular formula is C15H23NO2. The minimum Gasteiger partial charge on any atom is -0.494 e. The lowest BCUT2D eigenvalue weighted by Gasteiger charge is -2.35. The van der Waals surface area contributed by atoms with Crippen molar-refractivity contribution in [1.82, 2.24) is 0 Å². The predicted octanol–water partition coefficient (Wildman–Crippen LogP) is 2.83. The molecule has 0 saturated carbocycles. The number of aliphatic hydroxyl groups is 1. The number of hydrogen-bond acceptors (Lipinski definition) is 3. The number of fused-ring (bicyclic) bond motifs is 1. The van der Waals surface area contributed by atoms with Gasteiger partial charge in [-0.25, -0.2) is 0 Å². The molecule has 0 saturated heterocycles. The maximum absolute atomic E-state index is 10.2. The van der Waals surface area contributed by atoms with E-state index in [1.54, 1.807) is 0 Å². The van der Waals surface area contributed by atoms with Crippen LogP contribution in [0.3, 0.4) is 0 Å². The number of nitrogens with one attached hydrogen (secondary N) is 1. The van der Waals surface area contributed by atoms with Gasteiger partial charge in [0.1, 0.15) is 5.75 Å². The minimum atomic E-state index is -0.315. The topological polar surface area (TPSA) is 41.5 Å². The first-order valence-corrected chi connectivity index (χ1v) is 6.86. The van der Waals surface area contributed by atoms with Gasteiger partial charge in [0.25, 0.3) is 0 Å². The molecule has 0 spiro atoms. The fourth-order valence-electron chi connectivity index (χ4n) is 2.54. The van der Waals surface area contributed by atoms with Crippen molar-refractivity contribution in [2.45, 2.75) is 45.8 Å². The molecule has 1 heterocycles. The van der Waals surface area contributed by atoms with Crippen LogP contribution in [0.15, 0.2) is 18.2 Å². The maximum atomic E-state index is 10.2. The van der Waals surface area contributed by atoms with Gasteiger partial charge in [-0.1, -0.05) is 20.3 Å². The van der Waals surface area contributed by atoms with E-state index in [1.807, 2.05) is 19.1 Å². The Balaban J connectivity index is 2.19. The first kappa shape index (κ1) is 13.2. The first-order valence-electron chi connectivity index (χ1n) is 6.86. The summed E-state index contributed by atoms with van der Waals surface area (Å²) < 4.78 is 5.49. The van der Waals surface area contributed by atoms with Crippen LogP contribution in [0.5, 0.6) is 5.75 Å². The van der Waals surface area contributed by atoms with Crippen molar-refractivity contribution in [2.24, 2.45) is 5.92 Å². The van der Waals surface area contributed by atoms with Gasteiger partial charge >= 0.3 is 0 Å². The third-order valence-corrected chi connectivity index (χ3v) is 3.81. The highest BCUT2D eigenvalue weighted by molar-refractivity contribution is 5.57. The smallest absolute Gasteiger partial charge is 0.119 e. The summed E-state index contributed by atoms with van der Waals surface area (Å²) in [7, 11) is 0. The second-order valence-electron chi connectivity index (χ2n) is 5.08. The van der Waals surface area contributed by atoms with Crippen LogP contribution >= 0.6 is 0 Å². The van der Waals surface area contributed by atoms with Gasteiger partial charge in [-0.2, -0.15) is 0 Å². The molecule has 1 aromatic carbocycles. The van der Waals surface area contributed by atoms with E-state index in [2.05, 4.69) is 25.2 Å². The summed E-state index contributed by atoms with van der Waals surface area (Å²) in [5.74, 6) is 1.35. The Morgan fingerprint density at radius 2 is 2.22 bits per heavy atom. The fraction of sp³-hybridized carbons (Fsp3) is 0.600. The molecule has 0 bridgehead atoms. The van der Waals surface area contributed by atoms with E-state index in [0.717, 1.165) is 23.4 Å². The Morgan fingerprint density at radius 1 is 1.44 bits per heavy atom. The van der Waals surface area contributed by atoms with Gasteiger partial charge in [0.2, 0.25) is 0 Å². The van der Waals surface area contributed by atoms with E-state index in [4.69, 9.17) is 4.74 Å². The lowest BCUT2D eigenvalue weighted by Crippen LogP contribution is -2.43. The predicted molar refractivity (Wildman–Crippen MR) is 74.2 cm³/mol. The standard InChI is InChI=1S/C15H23NO2/c1-4-10(3)15-14(17)9-11-8-12(18-5-2)6-7-13(11)16-15/h6-8,10,14-17H,4-5,9H2,1-3H3. The van der Waals surface area contributed by atoms with E-state index in [1.165, 1.54) is 0 Å². The highest BCUT2D eigenvalue weighted by atomic mass is 16.5. The van der Waals surface area contributed by atoms with Crippen molar-refractivity contribution in [1.29, 1.82) is 0 Å². The number of hydrogen-bond donors (Lipinski definition) is 2. The van der Waals surface area contributed by atoms with Crippen molar-refractivity contribution >= 4 is 5.69 Å². The van der Waals surface area contributed by atoms with Gasteiger partial charge < -0.3 is 15.2 Å². The van der Waals surface area contributed by atoms with Gasteiger partial charge in [0, 0.05) is 12.1 Å². The second kappa shape index (κ2) is 5.61.